The lowest BCUT2D eigenvalue weighted by Crippen LogP contribution is -2.20. The number of nitrogens with two attached hydrogens (primary N) is 2. The molecule has 1 aromatic rings. The summed E-state index contributed by atoms with van der Waals surface area (Å²) in [6.45, 7) is 0. The molecule has 4 N–H and O–H groups in total. The Morgan fingerprint density at radius 3 is 2.71 bits per heavy atom. The van der Waals surface area contributed by atoms with E-state index in [-0.39, 0.29) is 6.04 Å². The average Bonchev–Trinajstić information content (AvgIpc) is 2.70. The predicted octanol–water partition coefficient (Wildman–Crippen LogP) is 1.85. The van der Waals surface area contributed by atoms with E-state index in [1.165, 1.54) is 25.7 Å². The Hall–Kier alpha value is -1.09. The molecule has 1 aromatic heterocycles. The van der Waals surface area contributed by atoms with Crippen molar-refractivity contribution in [3.8, 4) is 0 Å². The van der Waals surface area contributed by atoms with Crippen molar-refractivity contribution in [3.05, 3.63) is 23.9 Å². The van der Waals surface area contributed by atoms with Gasteiger partial charge < -0.3 is 11.5 Å². The van der Waals surface area contributed by atoms with Crippen molar-refractivity contribution in [1.29, 1.82) is 0 Å². The van der Waals surface area contributed by atoms with Crippen molar-refractivity contribution in [2.45, 2.75) is 31.7 Å². The molecule has 14 heavy (non-hydrogen) atoms. The van der Waals surface area contributed by atoms with Gasteiger partial charge in [0.15, 0.2) is 0 Å². The summed E-state index contributed by atoms with van der Waals surface area (Å²) in [5.41, 5.74) is 13.0. The van der Waals surface area contributed by atoms with Crippen LogP contribution in [0.2, 0.25) is 0 Å². The summed E-state index contributed by atoms with van der Waals surface area (Å²) in [5, 5.41) is 0. The Balaban J connectivity index is 2.17. The maximum absolute atomic E-state index is 6.18. The van der Waals surface area contributed by atoms with E-state index in [4.69, 9.17) is 11.5 Å². The van der Waals surface area contributed by atoms with Gasteiger partial charge in [-0.15, -0.1) is 0 Å². The van der Waals surface area contributed by atoms with Crippen molar-refractivity contribution >= 4 is 5.82 Å². The Bertz CT molecular complexity index is 305. The fraction of sp³-hybridized carbons (Fsp3) is 0.545. The van der Waals surface area contributed by atoms with Crippen LogP contribution in [0.5, 0.6) is 0 Å². The van der Waals surface area contributed by atoms with Crippen LogP contribution < -0.4 is 11.5 Å². The summed E-state index contributed by atoms with van der Waals surface area (Å²) in [5.74, 6) is 1.19. The summed E-state index contributed by atoms with van der Waals surface area (Å²) in [7, 11) is 0. The van der Waals surface area contributed by atoms with Crippen LogP contribution in [0.15, 0.2) is 18.3 Å². The lowest BCUT2D eigenvalue weighted by Gasteiger charge is -2.19. The van der Waals surface area contributed by atoms with E-state index in [1.807, 2.05) is 12.1 Å². The summed E-state index contributed by atoms with van der Waals surface area (Å²) in [6.07, 6.45) is 6.78. The third kappa shape index (κ3) is 1.73. The van der Waals surface area contributed by atoms with Gasteiger partial charge in [-0.2, -0.15) is 0 Å². The Kier molecular flexibility index (Phi) is 2.68. The molecule has 1 atom stereocenters. The topological polar surface area (TPSA) is 64.9 Å². The van der Waals surface area contributed by atoms with Gasteiger partial charge in [0.2, 0.25) is 0 Å². The second-order valence-electron chi connectivity index (χ2n) is 4.05. The maximum Gasteiger partial charge on any atom is 0.128 e. The highest BCUT2D eigenvalue weighted by Crippen LogP contribution is 2.35. The van der Waals surface area contributed by atoms with Crippen molar-refractivity contribution in [3.63, 3.8) is 0 Å². The average molecular weight is 191 g/mol. The molecule has 0 aliphatic heterocycles. The minimum absolute atomic E-state index is 0.0752. The van der Waals surface area contributed by atoms with Crippen molar-refractivity contribution in [1.82, 2.24) is 4.98 Å². The van der Waals surface area contributed by atoms with Crippen LogP contribution in [-0.4, -0.2) is 4.98 Å². The minimum atomic E-state index is 0.0752. The molecule has 0 radical (unpaired) electrons. The smallest absolute Gasteiger partial charge is 0.128 e. The number of pyridine rings is 1. The lowest BCUT2D eigenvalue weighted by molar-refractivity contribution is 0.445. The molecule has 2 rings (SSSR count). The van der Waals surface area contributed by atoms with Crippen molar-refractivity contribution in [2.75, 3.05) is 5.73 Å². The Labute approximate surface area is 84.5 Å². The molecule has 0 bridgehead atoms. The zero-order chi connectivity index (χ0) is 9.97. The molecule has 0 aromatic carbocycles. The monoisotopic (exact) mass is 191 g/mol. The van der Waals surface area contributed by atoms with Crippen LogP contribution in [0.3, 0.4) is 0 Å². The van der Waals surface area contributed by atoms with Crippen LogP contribution >= 0.6 is 0 Å². The number of hydrogen-bond donors (Lipinski definition) is 2. The Morgan fingerprint density at radius 2 is 2.07 bits per heavy atom. The molecule has 1 aliphatic rings. The summed E-state index contributed by atoms with van der Waals surface area (Å²) in [4.78, 5) is 4.07. The molecule has 1 heterocycles. The predicted molar refractivity (Wildman–Crippen MR) is 57.5 cm³/mol. The van der Waals surface area contributed by atoms with Gasteiger partial charge in [0.05, 0.1) is 0 Å². The third-order valence-electron chi connectivity index (χ3n) is 3.14. The van der Waals surface area contributed by atoms with Gasteiger partial charge in [0, 0.05) is 17.8 Å². The van der Waals surface area contributed by atoms with Crippen LogP contribution in [0.25, 0.3) is 0 Å². The quantitative estimate of drug-likeness (QED) is 0.749. The maximum atomic E-state index is 6.18. The molecule has 3 nitrogen and oxygen atoms in total. The number of aromatic nitrogens is 1. The molecular weight excluding hydrogens is 174 g/mol. The highest BCUT2D eigenvalue weighted by molar-refractivity contribution is 5.41. The molecule has 0 spiro atoms. The first-order valence-electron chi connectivity index (χ1n) is 5.25. The molecule has 76 valence electrons. The summed E-state index contributed by atoms with van der Waals surface area (Å²) in [6, 6.07) is 3.97. The van der Waals surface area contributed by atoms with Crippen LogP contribution in [0.1, 0.15) is 37.3 Å². The molecular formula is C11H17N3. The SMILES string of the molecule is Nc1ncccc1C(N)C1CCCC1. The van der Waals surface area contributed by atoms with Gasteiger partial charge in [-0.1, -0.05) is 18.9 Å². The highest BCUT2D eigenvalue weighted by atomic mass is 14.8. The first kappa shape index (κ1) is 9.46. The second-order valence-corrected chi connectivity index (χ2v) is 4.05. The van der Waals surface area contributed by atoms with E-state index in [2.05, 4.69) is 4.98 Å². The van der Waals surface area contributed by atoms with E-state index in [9.17, 15) is 0 Å². The minimum Gasteiger partial charge on any atom is -0.383 e. The first-order valence-corrected chi connectivity index (χ1v) is 5.25. The molecule has 0 amide bonds. The molecule has 1 aliphatic carbocycles. The normalized spacial score (nSPS) is 19.8. The van der Waals surface area contributed by atoms with Gasteiger partial charge in [0.25, 0.3) is 0 Å². The lowest BCUT2D eigenvalue weighted by atomic mass is 9.93. The molecule has 1 unspecified atom stereocenters. The fourth-order valence-corrected chi connectivity index (χ4v) is 2.28. The van der Waals surface area contributed by atoms with E-state index in [0.717, 1.165) is 5.56 Å². The number of hydrogen-bond acceptors (Lipinski definition) is 3. The second kappa shape index (κ2) is 3.96. The van der Waals surface area contributed by atoms with E-state index in [1.54, 1.807) is 6.20 Å². The molecule has 0 saturated heterocycles. The number of rotatable bonds is 2. The zero-order valence-electron chi connectivity index (χ0n) is 8.32. The van der Waals surface area contributed by atoms with Gasteiger partial charge in [-0.3, -0.25) is 0 Å². The fourth-order valence-electron chi connectivity index (χ4n) is 2.28. The van der Waals surface area contributed by atoms with Crippen LogP contribution in [0, 0.1) is 5.92 Å². The van der Waals surface area contributed by atoms with Crippen LogP contribution in [0.4, 0.5) is 5.82 Å². The summed E-state index contributed by atoms with van der Waals surface area (Å²) < 4.78 is 0. The molecule has 1 saturated carbocycles. The van der Waals surface area contributed by atoms with E-state index < -0.39 is 0 Å². The van der Waals surface area contributed by atoms with Gasteiger partial charge in [-0.05, 0) is 24.8 Å². The first-order chi connectivity index (χ1) is 6.79. The molecule has 3 heteroatoms. The van der Waals surface area contributed by atoms with E-state index in [0.29, 0.717) is 11.7 Å². The van der Waals surface area contributed by atoms with Crippen molar-refractivity contribution < 1.29 is 0 Å². The van der Waals surface area contributed by atoms with Crippen LogP contribution in [-0.2, 0) is 0 Å². The largest absolute Gasteiger partial charge is 0.383 e. The highest BCUT2D eigenvalue weighted by Gasteiger charge is 2.24. The van der Waals surface area contributed by atoms with Gasteiger partial charge in [0.1, 0.15) is 5.82 Å². The number of anilines is 1. The van der Waals surface area contributed by atoms with Gasteiger partial charge in [-0.25, -0.2) is 4.98 Å². The summed E-state index contributed by atoms with van der Waals surface area (Å²) >= 11 is 0. The standard InChI is InChI=1S/C11H17N3/c12-10(8-4-1-2-5-8)9-6-3-7-14-11(9)13/h3,6-8,10H,1-2,4-5,12H2,(H2,13,14). The third-order valence-corrected chi connectivity index (χ3v) is 3.14. The van der Waals surface area contributed by atoms with Gasteiger partial charge >= 0.3 is 0 Å². The van der Waals surface area contributed by atoms with Crippen molar-refractivity contribution in [2.24, 2.45) is 11.7 Å². The number of nitrogen functional groups attached to an aromatic ring is 1. The number of nitrogens with zero attached hydrogens (tertiary/aromatic N) is 1. The molecule has 1 fully saturated rings. The van der Waals surface area contributed by atoms with E-state index >= 15 is 0 Å². The zero-order valence-corrected chi connectivity index (χ0v) is 8.32. The Morgan fingerprint density at radius 1 is 1.36 bits per heavy atom.